The number of urea groups is 1. The first-order chi connectivity index (χ1) is 11.6. The van der Waals surface area contributed by atoms with Gasteiger partial charge < -0.3 is 25.2 Å². The number of nitrogens with one attached hydrogen (secondary N) is 2. The highest BCUT2D eigenvalue weighted by molar-refractivity contribution is 5.75. The van der Waals surface area contributed by atoms with Crippen LogP contribution in [0.25, 0.3) is 0 Å². The SMILES string of the molecule is CO[C@@H]1COC[C@@H]1NC(=O)NC(CCC(=O)O)Cc1ccccc1. The van der Waals surface area contributed by atoms with Gasteiger partial charge in [-0.2, -0.15) is 0 Å². The number of carboxylic acid groups (broad SMARTS) is 1. The molecule has 0 aliphatic carbocycles. The maximum atomic E-state index is 12.2. The number of aliphatic carboxylic acids is 1. The lowest BCUT2D eigenvalue weighted by atomic mass is 10.0. The van der Waals surface area contributed by atoms with E-state index in [0.717, 1.165) is 5.56 Å². The summed E-state index contributed by atoms with van der Waals surface area (Å²) in [7, 11) is 1.58. The average Bonchev–Trinajstić information content (AvgIpc) is 3.00. The Morgan fingerprint density at radius 1 is 1.33 bits per heavy atom. The zero-order valence-electron chi connectivity index (χ0n) is 13.7. The van der Waals surface area contributed by atoms with Crippen molar-refractivity contribution in [2.24, 2.45) is 0 Å². The zero-order valence-corrected chi connectivity index (χ0v) is 13.7. The summed E-state index contributed by atoms with van der Waals surface area (Å²) in [5.41, 5.74) is 1.05. The van der Waals surface area contributed by atoms with E-state index < -0.39 is 5.97 Å². The molecule has 7 heteroatoms. The van der Waals surface area contributed by atoms with E-state index in [4.69, 9.17) is 14.6 Å². The quantitative estimate of drug-likeness (QED) is 0.662. The van der Waals surface area contributed by atoms with Gasteiger partial charge in [-0.3, -0.25) is 4.79 Å². The van der Waals surface area contributed by atoms with E-state index in [9.17, 15) is 9.59 Å². The first-order valence-electron chi connectivity index (χ1n) is 8.01. The molecular weight excluding hydrogens is 312 g/mol. The number of hydrogen-bond donors (Lipinski definition) is 3. The van der Waals surface area contributed by atoms with Crippen LogP contribution in [-0.4, -0.2) is 55.6 Å². The molecule has 1 unspecified atom stereocenters. The number of hydrogen-bond acceptors (Lipinski definition) is 4. The lowest BCUT2D eigenvalue weighted by Crippen LogP contribution is -2.50. The third-order valence-electron chi connectivity index (χ3n) is 4.01. The molecule has 3 atom stereocenters. The van der Waals surface area contributed by atoms with Crippen molar-refractivity contribution >= 4 is 12.0 Å². The van der Waals surface area contributed by atoms with E-state index in [0.29, 0.717) is 26.1 Å². The maximum absolute atomic E-state index is 12.2. The molecule has 1 saturated heterocycles. The van der Waals surface area contributed by atoms with Gasteiger partial charge in [0.2, 0.25) is 0 Å². The van der Waals surface area contributed by atoms with Crippen LogP contribution in [0.5, 0.6) is 0 Å². The van der Waals surface area contributed by atoms with Crippen molar-refractivity contribution in [2.75, 3.05) is 20.3 Å². The van der Waals surface area contributed by atoms with E-state index in [-0.39, 0.29) is 30.6 Å². The molecule has 3 N–H and O–H groups in total. The average molecular weight is 336 g/mol. The molecule has 0 saturated carbocycles. The molecule has 132 valence electrons. The highest BCUT2D eigenvalue weighted by Gasteiger charge is 2.29. The summed E-state index contributed by atoms with van der Waals surface area (Å²) in [4.78, 5) is 23.1. The van der Waals surface area contributed by atoms with Crippen molar-refractivity contribution in [3.63, 3.8) is 0 Å². The van der Waals surface area contributed by atoms with Crippen molar-refractivity contribution in [2.45, 2.75) is 37.5 Å². The molecule has 0 radical (unpaired) electrons. The molecule has 0 spiro atoms. The summed E-state index contributed by atoms with van der Waals surface area (Å²) < 4.78 is 10.6. The second-order valence-electron chi connectivity index (χ2n) is 5.85. The van der Waals surface area contributed by atoms with Crippen molar-refractivity contribution in [3.8, 4) is 0 Å². The summed E-state index contributed by atoms with van der Waals surface area (Å²) in [6, 6.07) is 8.88. The van der Waals surface area contributed by atoms with Crippen molar-refractivity contribution in [1.82, 2.24) is 10.6 Å². The van der Waals surface area contributed by atoms with Gasteiger partial charge in [-0.1, -0.05) is 30.3 Å². The van der Waals surface area contributed by atoms with E-state index in [1.165, 1.54) is 0 Å². The molecule has 1 aliphatic rings. The van der Waals surface area contributed by atoms with Gasteiger partial charge in [0.1, 0.15) is 6.10 Å². The lowest BCUT2D eigenvalue weighted by molar-refractivity contribution is -0.137. The van der Waals surface area contributed by atoms with Gasteiger partial charge in [0.15, 0.2) is 0 Å². The first-order valence-corrected chi connectivity index (χ1v) is 8.01. The van der Waals surface area contributed by atoms with E-state index in [2.05, 4.69) is 10.6 Å². The number of carbonyl (C=O) groups is 2. The van der Waals surface area contributed by atoms with Crippen LogP contribution >= 0.6 is 0 Å². The lowest BCUT2D eigenvalue weighted by Gasteiger charge is -2.22. The fourth-order valence-corrected chi connectivity index (χ4v) is 2.72. The number of ether oxygens (including phenoxy) is 2. The van der Waals surface area contributed by atoms with Gasteiger partial charge in [-0.05, 0) is 18.4 Å². The number of benzene rings is 1. The highest BCUT2D eigenvalue weighted by Crippen LogP contribution is 2.10. The molecule has 0 aromatic heterocycles. The Balaban J connectivity index is 1.90. The van der Waals surface area contributed by atoms with Gasteiger partial charge in [0.25, 0.3) is 0 Å². The van der Waals surface area contributed by atoms with Gasteiger partial charge in [0.05, 0.1) is 19.3 Å². The number of carbonyl (C=O) groups excluding carboxylic acids is 1. The number of amides is 2. The van der Waals surface area contributed by atoms with Gasteiger partial charge in [-0.25, -0.2) is 4.79 Å². The minimum absolute atomic E-state index is 0.00498. The fraction of sp³-hybridized carbons (Fsp3) is 0.529. The molecular formula is C17H24N2O5. The maximum Gasteiger partial charge on any atom is 0.315 e. The number of rotatable bonds is 8. The molecule has 2 amide bonds. The molecule has 0 bridgehead atoms. The normalized spacial score (nSPS) is 21.2. The largest absolute Gasteiger partial charge is 0.481 e. The van der Waals surface area contributed by atoms with Crippen LogP contribution in [0, 0.1) is 0 Å². The zero-order chi connectivity index (χ0) is 17.4. The van der Waals surface area contributed by atoms with E-state index >= 15 is 0 Å². The minimum Gasteiger partial charge on any atom is -0.481 e. The van der Waals surface area contributed by atoms with Crippen molar-refractivity contribution < 1.29 is 24.2 Å². The van der Waals surface area contributed by atoms with Crippen LogP contribution < -0.4 is 10.6 Å². The Kier molecular flexibility index (Phi) is 7.02. The molecule has 24 heavy (non-hydrogen) atoms. The Labute approximate surface area is 141 Å². The van der Waals surface area contributed by atoms with Gasteiger partial charge in [-0.15, -0.1) is 0 Å². The third kappa shape index (κ3) is 5.82. The van der Waals surface area contributed by atoms with Crippen LogP contribution in [0.2, 0.25) is 0 Å². The molecule has 1 aromatic carbocycles. The summed E-state index contributed by atoms with van der Waals surface area (Å²) in [6.45, 7) is 0.859. The Morgan fingerprint density at radius 2 is 2.08 bits per heavy atom. The van der Waals surface area contributed by atoms with Crippen LogP contribution in [-0.2, 0) is 20.7 Å². The molecule has 1 heterocycles. The second-order valence-corrected chi connectivity index (χ2v) is 5.85. The fourth-order valence-electron chi connectivity index (χ4n) is 2.72. The molecule has 2 rings (SSSR count). The predicted molar refractivity (Wildman–Crippen MR) is 87.9 cm³/mol. The topological polar surface area (TPSA) is 96.9 Å². The first kappa shape index (κ1) is 18.2. The van der Waals surface area contributed by atoms with Gasteiger partial charge >= 0.3 is 12.0 Å². The Bertz CT molecular complexity index is 537. The van der Waals surface area contributed by atoms with Gasteiger partial charge in [0, 0.05) is 19.6 Å². The standard InChI is InChI=1S/C17H24N2O5/c1-23-15-11-24-10-14(15)19-17(22)18-13(7-8-16(20)21)9-12-5-3-2-4-6-12/h2-6,13-15H,7-11H2,1H3,(H,20,21)(H2,18,19,22)/t13?,14-,15+/m0/s1. The minimum atomic E-state index is -0.876. The molecule has 1 aliphatic heterocycles. The summed E-state index contributed by atoms with van der Waals surface area (Å²) in [5, 5.41) is 14.6. The monoisotopic (exact) mass is 336 g/mol. The Morgan fingerprint density at radius 3 is 2.75 bits per heavy atom. The molecule has 7 nitrogen and oxygen atoms in total. The Hall–Kier alpha value is -2.12. The van der Waals surface area contributed by atoms with Crippen LogP contribution in [0.3, 0.4) is 0 Å². The van der Waals surface area contributed by atoms with Crippen LogP contribution in [0.4, 0.5) is 4.79 Å². The highest BCUT2D eigenvalue weighted by atomic mass is 16.5. The smallest absolute Gasteiger partial charge is 0.315 e. The summed E-state index contributed by atoms with van der Waals surface area (Å²) in [6.07, 6.45) is 0.788. The third-order valence-corrected chi connectivity index (χ3v) is 4.01. The number of methoxy groups -OCH3 is 1. The summed E-state index contributed by atoms with van der Waals surface area (Å²) >= 11 is 0. The van der Waals surface area contributed by atoms with Crippen LogP contribution in [0.15, 0.2) is 30.3 Å². The molecule has 1 aromatic rings. The van der Waals surface area contributed by atoms with E-state index in [1.54, 1.807) is 7.11 Å². The van der Waals surface area contributed by atoms with Crippen LogP contribution in [0.1, 0.15) is 18.4 Å². The van der Waals surface area contributed by atoms with E-state index in [1.807, 2.05) is 30.3 Å². The second kappa shape index (κ2) is 9.24. The summed E-state index contributed by atoms with van der Waals surface area (Å²) in [5.74, 6) is -0.876. The molecule has 1 fully saturated rings. The predicted octanol–water partition coefficient (Wildman–Crippen LogP) is 1.18. The number of carboxylic acids is 1. The van der Waals surface area contributed by atoms with Crippen molar-refractivity contribution in [3.05, 3.63) is 35.9 Å². The van der Waals surface area contributed by atoms with Crippen molar-refractivity contribution in [1.29, 1.82) is 0 Å².